The molecule has 0 aliphatic carbocycles. The Kier molecular flexibility index (Phi) is 5.21. The first-order chi connectivity index (χ1) is 15.0. The summed E-state index contributed by atoms with van der Waals surface area (Å²) in [5, 5.41) is 27.2. The van der Waals surface area contributed by atoms with Crippen LogP contribution < -0.4 is 15.1 Å². The van der Waals surface area contributed by atoms with Crippen LogP contribution in [-0.4, -0.2) is 35.2 Å². The molecule has 2 aromatic carbocycles. The van der Waals surface area contributed by atoms with E-state index < -0.39 is 14.7 Å². The van der Waals surface area contributed by atoms with Crippen LogP contribution in [0.1, 0.15) is 11.3 Å². The number of sulfonamides is 1. The van der Waals surface area contributed by atoms with Gasteiger partial charge in [-0.05, 0) is 37.6 Å². The van der Waals surface area contributed by atoms with Gasteiger partial charge >= 0.3 is 0 Å². The fourth-order valence-electron chi connectivity index (χ4n) is 3.48. The van der Waals surface area contributed by atoms with Gasteiger partial charge in [-0.1, -0.05) is 6.07 Å². The van der Waals surface area contributed by atoms with Crippen LogP contribution in [0.5, 0.6) is 0 Å². The number of rotatable bonds is 5. The molecule has 0 fully saturated rings. The maximum atomic E-state index is 13.6. The molecule has 1 atom stereocenters. The summed E-state index contributed by atoms with van der Waals surface area (Å²) in [5.74, 6) is 0.356. The van der Waals surface area contributed by atoms with E-state index in [1.54, 1.807) is 35.9 Å². The average molecular weight is 454 g/mol. The van der Waals surface area contributed by atoms with Crippen molar-refractivity contribution in [3.05, 3.63) is 65.1 Å². The Morgan fingerprint density at radius 2 is 1.88 bits per heavy atom. The van der Waals surface area contributed by atoms with Crippen molar-refractivity contribution >= 4 is 44.1 Å². The molecule has 166 valence electrons. The van der Waals surface area contributed by atoms with Gasteiger partial charge in [0, 0.05) is 48.2 Å². The SMILES string of the molecule is Cc1ccc(Nc2nccc([N+](C)([O-])c3ccc4c(C)n(C)nc4c3)n2)cc1S(N)(=O)=O. The number of aromatic nitrogens is 4. The van der Waals surface area contributed by atoms with Crippen LogP contribution in [0.25, 0.3) is 10.9 Å². The average Bonchev–Trinajstić information content (AvgIpc) is 3.02. The molecule has 32 heavy (non-hydrogen) atoms. The second-order valence-electron chi connectivity index (χ2n) is 7.72. The highest BCUT2D eigenvalue weighted by Crippen LogP contribution is 2.33. The summed E-state index contributed by atoms with van der Waals surface area (Å²) >= 11 is 0. The molecule has 0 radical (unpaired) electrons. The number of nitrogens with zero attached hydrogens (tertiary/aromatic N) is 5. The van der Waals surface area contributed by atoms with Gasteiger partial charge in [0.05, 0.1) is 17.5 Å². The van der Waals surface area contributed by atoms with Crippen molar-refractivity contribution in [3.63, 3.8) is 0 Å². The Bertz CT molecular complexity index is 1450. The molecule has 0 saturated heterocycles. The Hall–Kier alpha value is -3.38. The van der Waals surface area contributed by atoms with Crippen molar-refractivity contribution in [1.29, 1.82) is 0 Å². The van der Waals surface area contributed by atoms with Crippen molar-refractivity contribution < 1.29 is 8.42 Å². The summed E-state index contributed by atoms with van der Waals surface area (Å²) in [6.07, 6.45) is 1.47. The molecular weight excluding hydrogens is 430 g/mol. The Morgan fingerprint density at radius 1 is 1.12 bits per heavy atom. The number of hydrogen-bond acceptors (Lipinski definition) is 7. The topological polar surface area (TPSA) is 139 Å². The molecule has 0 saturated carbocycles. The number of fused-ring (bicyclic) bond motifs is 1. The van der Waals surface area contributed by atoms with E-state index in [2.05, 4.69) is 20.4 Å². The normalized spacial score (nSPS) is 13.8. The molecule has 4 rings (SSSR count). The van der Waals surface area contributed by atoms with Gasteiger partial charge in [0.25, 0.3) is 0 Å². The van der Waals surface area contributed by atoms with Crippen molar-refractivity contribution in [2.45, 2.75) is 18.7 Å². The van der Waals surface area contributed by atoms with E-state index in [-0.39, 0.29) is 16.7 Å². The van der Waals surface area contributed by atoms with Gasteiger partial charge in [0.15, 0.2) is 0 Å². The zero-order valence-corrected chi connectivity index (χ0v) is 18.9. The molecule has 0 aliphatic rings. The van der Waals surface area contributed by atoms with Crippen LogP contribution in [0.2, 0.25) is 0 Å². The van der Waals surface area contributed by atoms with Crippen LogP contribution in [0, 0.1) is 19.1 Å². The van der Waals surface area contributed by atoms with Crippen LogP contribution in [-0.2, 0) is 17.1 Å². The summed E-state index contributed by atoms with van der Waals surface area (Å²) in [7, 11) is -0.540. The monoisotopic (exact) mass is 453 g/mol. The van der Waals surface area contributed by atoms with E-state index in [0.29, 0.717) is 16.9 Å². The lowest BCUT2D eigenvalue weighted by Gasteiger charge is -2.35. The van der Waals surface area contributed by atoms with Crippen molar-refractivity contribution in [3.8, 4) is 0 Å². The zero-order valence-electron chi connectivity index (χ0n) is 18.1. The van der Waals surface area contributed by atoms with E-state index >= 15 is 0 Å². The third-order valence-corrected chi connectivity index (χ3v) is 6.49. The molecule has 0 amide bonds. The minimum absolute atomic E-state index is 0.00190. The number of nitrogens with one attached hydrogen (secondary N) is 1. The van der Waals surface area contributed by atoms with Gasteiger partial charge < -0.3 is 10.5 Å². The van der Waals surface area contributed by atoms with Crippen LogP contribution in [0.3, 0.4) is 0 Å². The second kappa shape index (κ2) is 7.64. The van der Waals surface area contributed by atoms with Crippen LogP contribution in [0.15, 0.2) is 53.6 Å². The number of quaternary nitrogens is 1. The van der Waals surface area contributed by atoms with Gasteiger partial charge in [-0.3, -0.25) is 9.33 Å². The van der Waals surface area contributed by atoms with Crippen LogP contribution >= 0.6 is 0 Å². The lowest BCUT2D eigenvalue weighted by Crippen LogP contribution is -2.33. The first-order valence-corrected chi connectivity index (χ1v) is 11.3. The quantitative estimate of drug-likeness (QED) is 0.349. The van der Waals surface area contributed by atoms with Gasteiger partial charge in [0.2, 0.25) is 21.8 Å². The molecule has 1 unspecified atom stereocenters. The number of hydroxylamine groups is 1. The molecular formula is C21H23N7O3S. The number of nitrogens with two attached hydrogens (primary N) is 1. The van der Waals surface area contributed by atoms with E-state index in [1.807, 2.05) is 20.0 Å². The Labute approximate surface area is 185 Å². The number of benzene rings is 2. The largest absolute Gasteiger partial charge is 0.621 e. The van der Waals surface area contributed by atoms with Gasteiger partial charge in [0.1, 0.15) is 5.69 Å². The maximum Gasteiger partial charge on any atom is 0.238 e. The van der Waals surface area contributed by atoms with Crippen molar-refractivity contribution in [1.82, 2.24) is 24.4 Å². The van der Waals surface area contributed by atoms with Gasteiger partial charge in [-0.25, -0.2) is 18.5 Å². The first-order valence-electron chi connectivity index (χ1n) is 9.72. The molecule has 0 bridgehead atoms. The zero-order chi connectivity index (χ0) is 23.3. The minimum Gasteiger partial charge on any atom is -0.621 e. The second-order valence-corrected chi connectivity index (χ2v) is 9.25. The third kappa shape index (κ3) is 3.94. The fraction of sp³-hybridized carbons (Fsp3) is 0.190. The lowest BCUT2D eigenvalue weighted by molar-refractivity contribution is 0.597. The summed E-state index contributed by atoms with van der Waals surface area (Å²) in [4.78, 5) is 8.52. The molecule has 2 aromatic heterocycles. The van der Waals surface area contributed by atoms with Gasteiger partial charge in [-0.15, -0.1) is 0 Å². The maximum absolute atomic E-state index is 13.6. The molecule has 3 N–H and O–H groups in total. The molecule has 10 nitrogen and oxygen atoms in total. The summed E-state index contributed by atoms with van der Waals surface area (Å²) in [5.41, 5.74) is 3.16. The van der Waals surface area contributed by atoms with E-state index in [9.17, 15) is 13.6 Å². The summed E-state index contributed by atoms with van der Waals surface area (Å²) < 4.78 is 24.5. The highest BCUT2D eigenvalue weighted by Gasteiger charge is 2.22. The number of primary sulfonamides is 1. The van der Waals surface area contributed by atoms with Crippen molar-refractivity contribution in [2.75, 3.05) is 12.4 Å². The molecule has 0 spiro atoms. The predicted octanol–water partition coefficient (Wildman–Crippen LogP) is 3.14. The molecule has 11 heteroatoms. The standard InChI is InChI=1S/C21H23N7O3S/c1-13-5-6-15(11-19(13)32(22,30)31)24-21-23-10-9-20(25-21)28(4,29)16-7-8-17-14(2)27(3)26-18(17)12-16/h5-12H,1-4H3,(H2,22,30,31)(H,23,24,25). The first kappa shape index (κ1) is 21.8. The van der Waals surface area contributed by atoms with E-state index in [0.717, 1.165) is 16.6 Å². The van der Waals surface area contributed by atoms with E-state index in [4.69, 9.17) is 5.14 Å². The molecule has 0 aliphatic heterocycles. The smallest absolute Gasteiger partial charge is 0.238 e. The fourth-order valence-corrected chi connectivity index (χ4v) is 4.29. The lowest BCUT2D eigenvalue weighted by atomic mass is 10.2. The number of aryl methyl sites for hydroxylation is 3. The van der Waals surface area contributed by atoms with Gasteiger partial charge in [-0.2, -0.15) is 10.1 Å². The number of anilines is 2. The Morgan fingerprint density at radius 3 is 2.59 bits per heavy atom. The van der Waals surface area contributed by atoms with Crippen molar-refractivity contribution in [2.24, 2.45) is 12.2 Å². The van der Waals surface area contributed by atoms with Crippen LogP contribution in [0.4, 0.5) is 23.1 Å². The number of hydrogen-bond donors (Lipinski definition) is 2. The minimum atomic E-state index is -3.88. The summed E-state index contributed by atoms with van der Waals surface area (Å²) in [6, 6.07) is 11.6. The third-order valence-electron chi connectivity index (χ3n) is 5.44. The molecule has 4 aromatic rings. The van der Waals surface area contributed by atoms with E-state index in [1.165, 1.54) is 25.4 Å². The predicted molar refractivity (Wildman–Crippen MR) is 124 cm³/mol. The highest BCUT2D eigenvalue weighted by atomic mass is 32.2. The summed E-state index contributed by atoms with van der Waals surface area (Å²) in [6.45, 7) is 3.62. The highest BCUT2D eigenvalue weighted by molar-refractivity contribution is 7.89. The Balaban J connectivity index is 1.68. The molecule has 2 heterocycles.